The van der Waals surface area contributed by atoms with Crippen LogP contribution in [0.5, 0.6) is 0 Å². The molecule has 2 aliphatic rings. The van der Waals surface area contributed by atoms with Gasteiger partial charge in [-0.05, 0) is 52.9 Å². The van der Waals surface area contributed by atoms with Crippen LogP contribution in [0.25, 0.3) is 0 Å². The number of hydrogen-bond donors (Lipinski definition) is 1. The molecule has 2 fully saturated rings. The lowest BCUT2D eigenvalue weighted by Gasteiger charge is -2.46. The third-order valence-electron chi connectivity index (χ3n) is 4.59. The van der Waals surface area contributed by atoms with Crippen LogP contribution in [0.15, 0.2) is 0 Å². The molecule has 1 N–H and O–H groups in total. The van der Waals surface area contributed by atoms with Gasteiger partial charge in [0.2, 0.25) is 0 Å². The molecule has 0 radical (unpaired) electrons. The van der Waals surface area contributed by atoms with E-state index in [9.17, 15) is 0 Å². The Morgan fingerprint density at radius 3 is 2.61 bits per heavy atom. The molecule has 1 saturated heterocycles. The molecule has 1 saturated carbocycles. The van der Waals surface area contributed by atoms with Crippen LogP contribution in [0.4, 0.5) is 0 Å². The number of rotatable bonds is 5. The molecule has 18 heavy (non-hydrogen) atoms. The van der Waals surface area contributed by atoms with E-state index in [-0.39, 0.29) is 0 Å². The molecule has 3 nitrogen and oxygen atoms in total. The van der Waals surface area contributed by atoms with E-state index < -0.39 is 0 Å². The van der Waals surface area contributed by atoms with Crippen molar-refractivity contribution < 1.29 is 0 Å². The van der Waals surface area contributed by atoms with Gasteiger partial charge in [-0.3, -0.25) is 0 Å². The number of hydrogen-bond acceptors (Lipinski definition) is 3. The van der Waals surface area contributed by atoms with Crippen molar-refractivity contribution in [1.29, 1.82) is 0 Å². The summed E-state index contributed by atoms with van der Waals surface area (Å²) in [6.07, 6.45) is 9.82. The molecule has 0 atom stereocenters. The van der Waals surface area contributed by atoms with Gasteiger partial charge in [-0.25, -0.2) is 0 Å². The summed E-state index contributed by atoms with van der Waals surface area (Å²) in [5.74, 6) is 0. The van der Waals surface area contributed by atoms with Crippen molar-refractivity contribution in [3.8, 4) is 0 Å². The molecule has 1 heterocycles. The van der Waals surface area contributed by atoms with E-state index in [1.807, 2.05) is 0 Å². The first-order valence-electron chi connectivity index (χ1n) is 7.82. The normalized spacial score (nSPS) is 24.8. The molecule has 1 aliphatic heterocycles. The summed E-state index contributed by atoms with van der Waals surface area (Å²) in [6, 6.07) is 0. The minimum absolute atomic E-state index is 0.484. The summed E-state index contributed by atoms with van der Waals surface area (Å²) < 4.78 is 0. The third-order valence-corrected chi connectivity index (χ3v) is 4.59. The van der Waals surface area contributed by atoms with E-state index in [1.165, 1.54) is 77.7 Å². The molecular formula is C15H31N3. The van der Waals surface area contributed by atoms with Crippen molar-refractivity contribution in [3.05, 3.63) is 0 Å². The van der Waals surface area contributed by atoms with Crippen molar-refractivity contribution in [2.75, 3.05) is 46.8 Å². The molecule has 0 unspecified atom stereocenters. The van der Waals surface area contributed by atoms with Gasteiger partial charge in [0.1, 0.15) is 0 Å². The Bertz CT molecular complexity index is 228. The van der Waals surface area contributed by atoms with Gasteiger partial charge in [0, 0.05) is 25.2 Å². The second kappa shape index (κ2) is 6.88. The standard InChI is InChI=1S/C15H31N3/c1-17(2)11-6-7-12-18-13-10-16-15(14-18)8-4-3-5-9-15/h16H,3-14H2,1-2H3. The summed E-state index contributed by atoms with van der Waals surface area (Å²) in [6.45, 7) is 6.29. The largest absolute Gasteiger partial charge is 0.309 e. The van der Waals surface area contributed by atoms with Gasteiger partial charge in [0.05, 0.1) is 0 Å². The Kier molecular flexibility index (Phi) is 5.46. The van der Waals surface area contributed by atoms with E-state index >= 15 is 0 Å². The second-order valence-corrected chi connectivity index (χ2v) is 6.55. The number of nitrogens with zero attached hydrogens (tertiary/aromatic N) is 2. The zero-order valence-electron chi connectivity index (χ0n) is 12.4. The van der Waals surface area contributed by atoms with Gasteiger partial charge in [0.25, 0.3) is 0 Å². The van der Waals surface area contributed by atoms with E-state index in [2.05, 4.69) is 29.2 Å². The molecule has 106 valence electrons. The molecular weight excluding hydrogens is 222 g/mol. The maximum atomic E-state index is 3.82. The fraction of sp³-hybridized carbons (Fsp3) is 1.00. The Hall–Kier alpha value is -0.120. The molecule has 0 bridgehead atoms. The minimum atomic E-state index is 0.484. The Morgan fingerprint density at radius 1 is 1.11 bits per heavy atom. The second-order valence-electron chi connectivity index (χ2n) is 6.55. The van der Waals surface area contributed by atoms with Crippen LogP contribution in [-0.4, -0.2) is 62.2 Å². The van der Waals surface area contributed by atoms with Gasteiger partial charge in [0.15, 0.2) is 0 Å². The van der Waals surface area contributed by atoms with Crippen LogP contribution in [-0.2, 0) is 0 Å². The first kappa shape index (κ1) is 14.3. The average Bonchev–Trinajstić information content (AvgIpc) is 2.36. The van der Waals surface area contributed by atoms with Crippen molar-refractivity contribution in [2.24, 2.45) is 0 Å². The summed E-state index contributed by atoms with van der Waals surface area (Å²) >= 11 is 0. The molecule has 0 aromatic rings. The van der Waals surface area contributed by atoms with Crippen molar-refractivity contribution >= 4 is 0 Å². The highest BCUT2D eigenvalue weighted by molar-refractivity contribution is 4.96. The van der Waals surface area contributed by atoms with Crippen LogP contribution in [0.3, 0.4) is 0 Å². The smallest absolute Gasteiger partial charge is 0.0309 e. The van der Waals surface area contributed by atoms with Crippen LogP contribution < -0.4 is 5.32 Å². The van der Waals surface area contributed by atoms with Gasteiger partial charge in [-0.2, -0.15) is 0 Å². The van der Waals surface area contributed by atoms with Crippen LogP contribution >= 0.6 is 0 Å². The van der Waals surface area contributed by atoms with E-state index in [1.54, 1.807) is 0 Å². The number of nitrogens with one attached hydrogen (secondary N) is 1. The first-order valence-corrected chi connectivity index (χ1v) is 7.82. The highest BCUT2D eigenvalue weighted by Crippen LogP contribution is 2.30. The average molecular weight is 253 g/mol. The quantitative estimate of drug-likeness (QED) is 0.755. The van der Waals surface area contributed by atoms with Crippen LogP contribution in [0.2, 0.25) is 0 Å². The topological polar surface area (TPSA) is 18.5 Å². The Balaban J connectivity index is 1.69. The molecule has 1 spiro atoms. The fourth-order valence-electron chi connectivity index (χ4n) is 3.56. The van der Waals surface area contributed by atoms with Gasteiger partial charge >= 0.3 is 0 Å². The highest BCUT2D eigenvalue weighted by atomic mass is 15.2. The summed E-state index contributed by atoms with van der Waals surface area (Å²) in [5.41, 5.74) is 0.484. The molecule has 2 rings (SSSR count). The van der Waals surface area contributed by atoms with Crippen molar-refractivity contribution in [3.63, 3.8) is 0 Å². The monoisotopic (exact) mass is 253 g/mol. The van der Waals surface area contributed by atoms with E-state index in [0.29, 0.717) is 5.54 Å². The molecule has 0 aromatic heterocycles. The Morgan fingerprint density at radius 2 is 1.89 bits per heavy atom. The predicted octanol–water partition coefficient (Wildman–Crippen LogP) is 1.94. The van der Waals surface area contributed by atoms with Crippen molar-refractivity contribution in [2.45, 2.75) is 50.5 Å². The third kappa shape index (κ3) is 4.22. The van der Waals surface area contributed by atoms with Crippen LogP contribution in [0, 0.1) is 0 Å². The zero-order valence-corrected chi connectivity index (χ0v) is 12.4. The molecule has 1 aliphatic carbocycles. The summed E-state index contributed by atoms with van der Waals surface area (Å²) in [7, 11) is 4.34. The zero-order chi connectivity index (χ0) is 12.8. The van der Waals surface area contributed by atoms with Crippen LogP contribution in [0.1, 0.15) is 44.9 Å². The number of unbranched alkanes of at least 4 members (excludes halogenated alkanes) is 1. The van der Waals surface area contributed by atoms with Gasteiger partial charge < -0.3 is 15.1 Å². The maximum Gasteiger partial charge on any atom is 0.0309 e. The van der Waals surface area contributed by atoms with Gasteiger partial charge in [-0.1, -0.05) is 19.3 Å². The number of piperazine rings is 1. The minimum Gasteiger partial charge on any atom is -0.309 e. The first-order chi connectivity index (χ1) is 8.70. The fourth-order valence-corrected chi connectivity index (χ4v) is 3.56. The highest BCUT2D eigenvalue weighted by Gasteiger charge is 2.35. The Labute approximate surface area is 113 Å². The van der Waals surface area contributed by atoms with E-state index in [4.69, 9.17) is 0 Å². The lowest BCUT2D eigenvalue weighted by molar-refractivity contribution is 0.0977. The molecule has 0 aromatic carbocycles. The van der Waals surface area contributed by atoms with Crippen molar-refractivity contribution in [1.82, 2.24) is 15.1 Å². The molecule has 3 heteroatoms. The van der Waals surface area contributed by atoms with E-state index in [0.717, 1.165) is 0 Å². The SMILES string of the molecule is CN(C)CCCCN1CCNC2(CCCCC2)C1. The predicted molar refractivity (Wildman–Crippen MR) is 78.0 cm³/mol. The summed E-state index contributed by atoms with van der Waals surface area (Å²) in [5, 5.41) is 3.82. The lowest BCUT2D eigenvalue weighted by Crippen LogP contribution is -2.61. The van der Waals surface area contributed by atoms with Gasteiger partial charge in [-0.15, -0.1) is 0 Å². The maximum absolute atomic E-state index is 3.82. The lowest BCUT2D eigenvalue weighted by atomic mass is 9.80. The summed E-state index contributed by atoms with van der Waals surface area (Å²) in [4.78, 5) is 5.00. The molecule has 0 amide bonds.